The molecule has 0 unspecified atom stereocenters. The smallest absolute Gasteiger partial charge is 0.247 e. The molecule has 1 aliphatic heterocycles. The fourth-order valence-corrected chi connectivity index (χ4v) is 2.88. The van der Waals surface area contributed by atoms with Crippen molar-refractivity contribution in [2.75, 3.05) is 11.9 Å². The van der Waals surface area contributed by atoms with Gasteiger partial charge in [0.25, 0.3) is 0 Å². The van der Waals surface area contributed by atoms with Gasteiger partial charge in [0, 0.05) is 22.3 Å². The summed E-state index contributed by atoms with van der Waals surface area (Å²) in [5, 5.41) is 12.1. The Morgan fingerprint density at radius 3 is 2.62 bits per heavy atom. The zero-order chi connectivity index (χ0) is 15.4. The fourth-order valence-electron chi connectivity index (χ4n) is 2.36. The summed E-state index contributed by atoms with van der Waals surface area (Å²) in [7, 11) is 0. The number of nitrogens with zero attached hydrogens (tertiary/aromatic N) is 2. The van der Waals surface area contributed by atoms with Gasteiger partial charge in [0.15, 0.2) is 0 Å². The monoisotopic (exact) mass is 325 g/mol. The Hall–Kier alpha value is -1.77. The van der Waals surface area contributed by atoms with Crippen LogP contribution in [0.15, 0.2) is 18.2 Å². The van der Waals surface area contributed by atoms with E-state index in [1.54, 1.807) is 18.2 Å². The average molecular weight is 326 g/mol. The third kappa shape index (κ3) is 3.87. The van der Waals surface area contributed by atoms with Crippen LogP contribution in [-0.2, 0) is 9.59 Å². The summed E-state index contributed by atoms with van der Waals surface area (Å²) in [6.07, 6.45) is 1.11. The molecule has 21 heavy (non-hydrogen) atoms. The Kier molecular flexibility index (Phi) is 5.05. The molecule has 1 heterocycles. The number of hydrogen-bond donors (Lipinski definition) is 1. The molecule has 1 fully saturated rings. The number of hydrogen-bond acceptors (Lipinski definition) is 3. The van der Waals surface area contributed by atoms with E-state index in [-0.39, 0.29) is 18.2 Å². The van der Waals surface area contributed by atoms with Crippen LogP contribution in [0.3, 0.4) is 0 Å². The van der Waals surface area contributed by atoms with Crippen molar-refractivity contribution < 1.29 is 9.59 Å². The number of amides is 2. The molecule has 0 bridgehead atoms. The van der Waals surface area contributed by atoms with Crippen molar-refractivity contribution in [3.05, 3.63) is 28.2 Å². The topological polar surface area (TPSA) is 73.2 Å². The van der Waals surface area contributed by atoms with Gasteiger partial charge < -0.3 is 10.2 Å². The first-order chi connectivity index (χ1) is 10.0. The Morgan fingerprint density at radius 2 is 2.00 bits per heavy atom. The predicted molar refractivity (Wildman–Crippen MR) is 80.1 cm³/mol. The van der Waals surface area contributed by atoms with Gasteiger partial charge in [0.2, 0.25) is 11.8 Å². The molecule has 1 aliphatic rings. The average Bonchev–Trinajstić information content (AvgIpc) is 2.86. The summed E-state index contributed by atoms with van der Waals surface area (Å²) in [5.74, 6) is -0.614. The van der Waals surface area contributed by atoms with Crippen LogP contribution >= 0.6 is 23.2 Å². The van der Waals surface area contributed by atoms with Gasteiger partial charge >= 0.3 is 0 Å². The van der Waals surface area contributed by atoms with E-state index in [2.05, 4.69) is 5.32 Å². The number of carbonyl (C=O) groups excluding carboxylic acids is 2. The lowest BCUT2D eigenvalue weighted by Gasteiger charge is -2.23. The predicted octanol–water partition coefficient (Wildman–Crippen LogP) is 2.84. The molecule has 5 nitrogen and oxygen atoms in total. The zero-order valence-electron chi connectivity index (χ0n) is 11.1. The molecule has 2 amide bonds. The minimum atomic E-state index is -0.552. The SMILES string of the molecule is N#CCC(=O)N1CCC[C@@H]1C(=O)Nc1cc(Cl)cc(Cl)c1. The van der Waals surface area contributed by atoms with Crippen LogP contribution in [0.4, 0.5) is 5.69 Å². The Bertz CT molecular complexity index is 592. The molecule has 110 valence electrons. The van der Waals surface area contributed by atoms with E-state index in [4.69, 9.17) is 28.5 Å². The maximum absolute atomic E-state index is 12.3. The largest absolute Gasteiger partial charge is 0.330 e. The van der Waals surface area contributed by atoms with E-state index >= 15 is 0 Å². The van der Waals surface area contributed by atoms with Crippen LogP contribution in [0.25, 0.3) is 0 Å². The molecule has 2 rings (SSSR count). The summed E-state index contributed by atoms with van der Waals surface area (Å²) in [6.45, 7) is 0.495. The van der Waals surface area contributed by atoms with Crippen molar-refractivity contribution >= 4 is 40.7 Å². The van der Waals surface area contributed by atoms with Crippen molar-refractivity contribution in [2.45, 2.75) is 25.3 Å². The van der Waals surface area contributed by atoms with Gasteiger partial charge in [-0.25, -0.2) is 0 Å². The third-order valence-electron chi connectivity index (χ3n) is 3.24. The minimum absolute atomic E-state index is 0.216. The van der Waals surface area contributed by atoms with Crippen molar-refractivity contribution in [3.63, 3.8) is 0 Å². The molecule has 0 saturated carbocycles. The number of anilines is 1. The normalized spacial score (nSPS) is 17.4. The zero-order valence-corrected chi connectivity index (χ0v) is 12.6. The van der Waals surface area contributed by atoms with E-state index in [9.17, 15) is 9.59 Å². The molecule has 0 aliphatic carbocycles. The highest BCUT2D eigenvalue weighted by atomic mass is 35.5. The second-order valence-corrected chi connectivity index (χ2v) is 5.60. The van der Waals surface area contributed by atoms with Gasteiger partial charge in [0.05, 0.1) is 6.07 Å². The molecular weight excluding hydrogens is 313 g/mol. The number of nitrogens with one attached hydrogen (secondary N) is 1. The highest BCUT2D eigenvalue weighted by molar-refractivity contribution is 6.35. The highest BCUT2D eigenvalue weighted by Gasteiger charge is 2.33. The molecule has 1 aromatic carbocycles. The Morgan fingerprint density at radius 1 is 1.33 bits per heavy atom. The number of halogens is 2. The van der Waals surface area contributed by atoms with Gasteiger partial charge in [-0.15, -0.1) is 0 Å². The molecule has 1 aromatic rings. The van der Waals surface area contributed by atoms with E-state index in [0.717, 1.165) is 6.42 Å². The summed E-state index contributed by atoms with van der Waals surface area (Å²) in [6, 6.07) is 6.00. The molecular formula is C14H13Cl2N3O2. The van der Waals surface area contributed by atoms with Crippen molar-refractivity contribution in [1.82, 2.24) is 4.90 Å². The maximum atomic E-state index is 12.3. The molecule has 1 N–H and O–H groups in total. The van der Waals surface area contributed by atoms with Crippen LogP contribution in [0.5, 0.6) is 0 Å². The molecule has 0 radical (unpaired) electrons. The lowest BCUT2D eigenvalue weighted by Crippen LogP contribution is -2.43. The van der Waals surface area contributed by atoms with Crippen LogP contribution < -0.4 is 5.32 Å². The summed E-state index contributed by atoms with van der Waals surface area (Å²) >= 11 is 11.8. The molecule has 0 spiro atoms. The molecule has 1 saturated heterocycles. The van der Waals surface area contributed by atoms with Crippen molar-refractivity contribution in [1.29, 1.82) is 5.26 Å². The summed E-state index contributed by atoms with van der Waals surface area (Å²) in [4.78, 5) is 25.5. The van der Waals surface area contributed by atoms with Gasteiger partial charge in [-0.1, -0.05) is 23.2 Å². The van der Waals surface area contributed by atoms with Gasteiger partial charge in [-0.2, -0.15) is 5.26 Å². The lowest BCUT2D eigenvalue weighted by molar-refractivity contribution is -0.135. The second-order valence-electron chi connectivity index (χ2n) is 4.73. The molecule has 0 aromatic heterocycles. The Balaban J connectivity index is 2.08. The van der Waals surface area contributed by atoms with Crippen molar-refractivity contribution in [3.8, 4) is 6.07 Å². The highest BCUT2D eigenvalue weighted by Crippen LogP contribution is 2.24. The Labute approximate surface area is 132 Å². The van der Waals surface area contributed by atoms with Crippen LogP contribution in [0, 0.1) is 11.3 Å². The lowest BCUT2D eigenvalue weighted by atomic mass is 10.2. The van der Waals surface area contributed by atoms with Crippen LogP contribution in [0.2, 0.25) is 10.0 Å². The molecule has 1 atom stereocenters. The number of likely N-dealkylation sites (tertiary alicyclic amines) is 1. The quantitative estimate of drug-likeness (QED) is 0.928. The van der Waals surface area contributed by atoms with Gasteiger partial charge in [-0.3, -0.25) is 9.59 Å². The van der Waals surface area contributed by atoms with E-state index in [1.807, 2.05) is 6.07 Å². The number of benzene rings is 1. The summed E-state index contributed by atoms with van der Waals surface area (Å²) in [5.41, 5.74) is 0.483. The third-order valence-corrected chi connectivity index (χ3v) is 3.67. The van der Waals surface area contributed by atoms with Crippen LogP contribution in [0.1, 0.15) is 19.3 Å². The first kappa shape index (κ1) is 15.6. The number of rotatable bonds is 3. The maximum Gasteiger partial charge on any atom is 0.247 e. The number of nitriles is 1. The van der Waals surface area contributed by atoms with Gasteiger partial charge in [-0.05, 0) is 31.0 Å². The molecule has 7 heteroatoms. The van der Waals surface area contributed by atoms with Crippen molar-refractivity contribution in [2.24, 2.45) is 0 Å². The minimum Gasteiger partial charge on any atom is -0.330 e. The van der Waals surface area contributed by atoms with E-state index < -0.39 is 6.04 Å². The first-order valence-electron chi connectivity index (χ1n) is 6.44. The number of carbonyl (C=O) groups is 2. The van der Waals surface area contributed by atoms with Crippen LogP contribution in [-0.4, -0.2) is 29.3 Å². The van der Waals surface area contributed by atoms with E-state index in [0.29, 0.717) is 28.7 Å². The first-order valence-corrected chi connectivity index (χ1v) is 7.20. The van der Waals surface area contributed by atoms with E-state index in [1.165, 1.54) is 4.90 Å². The summed E-state index contributed by atoms with van der Waals surface area (Å²) < 4.78 is 0. The second kappa shape index (κ2) is 6.79. The fraction of sp³-hybridized carbons (Fsp3) is 0.357. The standard InChI is InChI=1S/C14H13Cl2N3O2/c15-9-6-10(16)8-11(7-9)18-14(21)12-2-1-5-19(12)13(20)3-4-17/h6-8,12H,1-3,5H2,(H,18,21)/t12-/m1/s1. The van der Waals surface area contributed by atoms with Gasteiger partial charge in [0.1, 0.15) is 12.5 Å².